The van der Waals surface area contributed by atoms with Crippen molar-refractivity contribution >= 4 is 22.6 Å². The fraction of sp³-hybridized carbons (Fsp3) is 0.211. The van der Waals surface area contributed by atoms with Crippen LogP contribution >= 0.6 is 0 Å². The van der Waals surface area contributed by atoms with Crippen molar-refractivity contribution in [2.45, 2.75) is 13.8 Å². The Labute approximate surface area is 148 Å². The lowest BCUT2D eigenvalue weighted by atomic mass is 9.99. The van der Waals surface area contributed by atoms with Crippen LogP contribution in [0.3, 0.4) is 0 Å². The van der Waals surface area contributed by atoms with Crippen molar-refractivity contribution in [2.75, 3.05) is 6.54 Å². The van der Waals surface area contributed by atoms with Crippen LogP contribution in [0.1, 0.15) is 34.7 Å². The number of ketones is 1. The van der Waals surface area contributed by atoms with E-state index in [-0.39, 0.29) is 34.0 Å². The molecule has 0 aliphatic carbocycles. The predicted molar refractivity (Wildman–Crippen MR) is 96.9 cm³/mol. The summed E-state index contributed by atoms with van der Waals surface area (Å²) in [6.07, 6.45) is 1.50. The van der Waals surface area contributed by atoms with Crippen LogP contribution in [0.4, 0.5) is 4.39 Å². The van der Waals surface area contributed by atoms with Crippen molar-refractivity contribution < 1.29 is 14.0 Å². The lowest BCUT2D eigenvalue weighted by Gasteiger charge is -2.09. The second-order valence-electron chi connectivity index (χ2n) is 6.04. The number of Topliss-reactive ketones (excluding diaryl/α,β-unsaturated/α-hetero) is 1. The SMILES string of the molecule is CCNC(=O)c1cc2c(-c3cc(C(C)=O)ccc3F)cn(C)c(=O)c2[nH]1. The van der Waals surface area contributed by atoms with E-state index >= 15 is 0 Å². The summed E-state index contributed by atoms with van der Waals surface area (Å²) in [6, 6.07) is 5.62. The highest BCUT2D eigenvalue weighted by molar-refractivity contribution is 6.03. The monoisotopic (exact) mass is 355 g/mol. The minimum absolute atomic E-state index is 0.190. The van der Waals surface area contributed by atoms with Crippen LogP contribution < -0.4 is 10.9 Å². The third-order valence-corrected chi connectivity index (χ3v) is 4.21. The normalized spacial score (nSPS) is 10.9. The first-order valence-electron chi connectivity index (χ1n) is 8.15. The molecular weight excluding hydrogens is 337 g/mol. The van der Waals surface area contributed by atoms with Crippen molar-refractivity contribution in [1.82, 2.24) is 14.9 Å². The predicted octanol–water partition coefficient (Wildman–Crippen LogP) is 2.63. The molecule has 2 aromatic heterocycles. The first-order valence-corrected chi connectivity index (χ1v) is 8.15. The summed E-state index contributed by atoms with van der Waals surface area (Å²) in [6.45, 7) is 3.62. The van der Waals surface area contributed by atoms with Gasteiger partial charge in [0.15, 0.2) is 5.78 Å². The zero-order chi connectivity index (χ0) is 19.0. The molecule has 0 atom stereocenters. The number of pyridine rings is 1. The standard InChI is InChI=1S/C19H18FN3O3/c1-4-21-18(25)16-8-13-14(9-23(3)19(26)17(13)22-16)12-7-11(10(2)24)5-6-15(12)20/h5-9,22H,4H2,1-3H3,(H,21,25). The Hall–Kier alpha value is -3.22. The number of amides is 1. The van der Waals surface area contributed by atoms with Gasteiger partial charge in [-0.1, -0.05) is 0 Å². The van der Waals surface area contributed by atoms with Crippen LogP contribution in [0, 0.1) is 5.82 Å². The lowest BCUT2D eigenvalue weighted by Crippen LogP contribution is -2.23. The molecule has 0 radical (unpaired) electrons. The molecule has 7 heteroatoms. The number of benzene rings is 1. The van der Waals surface area contributed by atoms with Crippen LogP contribution in [-0.4, -0.2) is 27.8 Å². The summed E-state index contributed by atoms with van der Waals surface area (Å²) in [5.74, 6) is -1.06. The van der Waals surface area contributed by atoms with Gasteiger partial charge in [-0.3, -0.25) is 14.4 Å². The number of hydrogen-bond donors (Lipinski definition) is 2. The highest BCUT2D eigenvalue weighted by Gasteiger charge is 2.18. The van der Waals surface area contributed by atoms with Crippen molar-refractivity contribution in [3.05, 3.63) is 57.9 Å². The first kappa shape index (κ1) is 17.6. The van der Waals surface area contributed by atoms with Crippen LogP contribution in [0.5, 0.6) is 0 Å². The van der Waals surface area contributed by atoms with Gasteiger partial charge in [0.25, 0.3) is 11.5 Å². The Morgan fingerprint density at radius 3 is 2.62 bits per heavy atom. The fourth-order valence-corrected chi connectivity index (χ4v) is 2.88. The van der Waals surface area contributed by atoms with E-state index in [0.29, 0.717) is 23.1 Å². The number of nitrogens with one attached hydrogen (secondary N) is 2. The maximum atomic E-state index is 14.5. The molecule has 6 nitrogen and oxygen atoms in total. The minimum atomic E-state index is -0.518. The Morgan fingerprint density at radius 1 is 1.23 bits per heavy atom. The van der Waals surface area contributed by atoms with E-state index in [2.05, 4.69) is 10.3 Å². The largest absolute Gasteiger partial charge is 0.351 e. The lowest BCUT2D eigenvalue weighted by molar-refractivity contribution is 0.0950. The van der Waals surface area contributed by atoms with Crippen molar-refractivity contribution in [3.63, 3.8) is 0 Å². The molecule has 2 N–H and O–H groups in total. The molecule has 0 aliphatic rings. The molecule has 134 valence electrons. The zero-order valence-corrected chi connectivity index (χ0v) is 14.6. The maximum absolute atomic E-state index is 14.5. The zero-order valence-electron chi connectivity index (χ0n) is 14.6. The molecule has 2 heterocycles. The molecule has 3 rings (SSSR count). The number of H-pyrrole nitrogens is 1. The topological polar surface area (TPSA) is 84.0 Å². The minimum Gasteiger partial charge on any atom is -0.351 e. The molecule has 0 saturated carbocycles. The number of fused-ring (bicyclic) bond motifs is 1. The summed E-state index contributed by atoms with van der Waals surface area (Å²) in [5, 5.41) is 3.08. The molecule has 0 fully saturated rings. The van der Waals surface area contributed by atoms with Crippen molar-refractivity contribution in [3.8, 4) is 11.1 Å². The second-order valence-corrected chi connectivity index (χ2v) is 6.04. The van der Waals surface area contributed by atoms with Crippen LogP contribution in [0.15, 0.2) is 35.3 Å². The van der Waals surface area contributed by atoms with Gasteiger partial charge in [-0.15, -0.1) is 0 Å². The van der Waals surface area contributed by atoms with Gasteiger partial charge >= 0.3 is 0 Å². The van der Waals surface area contributed by atoms with E-state index in [1.807, 2.05) is 0 Å². The number of rotatable bonds is 4. The third kappa shape index (κ3) is 2.92. The van der Waals surface area contributed by atoms with Crippen molar-refractivity contribution in [2.24, 2.45) is 7.05 Å². The third-order valence-electron chi connectivity index (χ3n) is 4.21. The molecule has 3 aromatic rings. The van der Waals surface area contributed by atoms with Crippen LogP contribution in [0.25, 0.3) is 22.0 Å². The first-order chi connectivity index (χ1) is 12.3. The Kier molecular flexibility index (Phi) is 4.46. The summed E-state index contributed by atoms with van der Waals surface area (Å²) in [7, 11) is 1.55. The van der Waals surface area contributed by atoms with Gasteiger partial charge in [0.1, 0.15) is 17.0 Å². The maximum Gasteiger partial charge on any atom is 0.274 e. The average molecular weight is 355 g/mol. The molecule has 0 saturated heterocycles. The number of aromatic nitrogens is 2. The number of carbonyl (C=O) groups excluding carboxylic acids is 2. The van der Waals surface area contributed by atoms with E-state index in [1.165, 1.54) is 42.0 Å². The van der Waals surface area contributed by atoms with Gasteiger partial charge in [0.05, 0.1) is 0 Å². The number of hydrogen-bond acceptors (Lipinski definition) is 3. The van der Waals surface area contributed by atoms with E-state index in [9.17, 15) is 18.8 Å². The van der Waals surface area contributed by atoms with Gasteiger partial charge in [0, 0.05) is 41.9 Å². The summed E-state index contributed by atoms with van der Waals surface area (Å²) in [5.41, 5.74) is 1.08. The molecular formula is C19H18FN3O3. The molecule has 26 heavy (non-hydrogen) atoms. The van der Waals surface area contributed by atoms with Gasteiger partial charge in [-0.25, -0.2) is 4.39 Å². The molecule has 0 aliphatic heterocycles. The smallest absolute Gasteiger partial charge is 0.274 e. The Morgan fingerprint density at radius 2 is 1.96 bits per heavy atom. The van der Waals surface area contributed by atoms with Gasteiger partial charge in [0.2, 0.25) is 0 Å². The Bertz CT molecular complexity index is 1100. The van der Waals surface area contributed by atoms with Gasteiger partial charge in [-0.2, -0.15) is 0 Å². The molecule has 0 bridgehead atoms. The van der Waals surface area contributed by atoms with Gasteiger partial charge < -0.3 is 14.9 Å². The highest BCUT2D eigenvalue weighted by Crippen LogP contribution is 2.30. The van der Waals surface area contributed by atoms with Crippen molar-refractivity contribution in [1.29, 1.82) is 0 Å². The molecule has 0 unspecified atom stereocenters. The average Bonchev–Trinajstić information content (AvgIpc) is 3.04. The van der Waals surface area contributed by atoms with Crippen LogP contribution in [0.2, 0.25) is 0 Å². The summed E-state index contributed by atoms with van der Waals surface area (Å²) >= 11 is 0. The van der Waals surface area contributed by atoms with E-state index in [4.69, 9.17) is 0 Å². The molecule has 1 aromatic carbocycles. The van der Waals surface area contributed by atoms with Gasteiger partial charge in [-0.05, 0) is 38.1 Å². The molecule has 1 amide bonds. The number of aryl methyl sites for hydroxylation is 1. The number of halogens is 1. The number of nitrogens with zero attached hydrogens (tertiary/aromatic N) is 1. The van der Waals surface area contributed by atoms with E-state index in [1.54, 1.807) is 14.0 Å². The van der Waals surface area contributed by atoms with Crippen LogP contribution in [-0.2, 0) is 7.05 Å². The molecule has 0 spiro atoms. The quantitative estimate of drug-likeness (QED) is 0.706. The number of carbonyl (C=O) groups is 2. The fourth-order valence-electron chi connectivity index (χ4n) is 2.88. The second kappa shape index (κ2) is 6.59. The Balaban J connectivity index is 2.32. The summed E-state index contributed by atoms with van der Waals surface area (Å²) in [4.78, 5) is 39.0. The number of aromatic amines is 1. The van der Waals surface area contributed by atoms with E-state index < -0.39 is 5.82 Å². The highest BCUT2D eigenvalue weighted by atomic mass is 19.1. The summed E-state index contributed by atoms with van der Waals surface area (Å²) < 4.78 is 15.8. The van der Waals surface area contributed by atoms with E-state index in [0.717, 1.165) is 0 Å².